The lowest BCUT2D eigenvalue weighted by atomic mass is 9.99. The van der Waals surface area contributed by atoms with Gasteiger partial charge in [0, 0.05) is 162 Å². The normalized spacial score (nSPS) is 18.0. The quantitative estimate of drug-likeness (QED) is 0.0368. The number of anilines is 10. The van der Waals surface area contributed by atoms with Gasteiger partial charge in [-0.15, -0.1) is 0 Å². The van der Waals surface area contributed by atoms with Gasteiger partial charge in [0.2, 0.25) is 11.9 Å². The van der Waals surface area contributed by atoms with Gasteiger partial charge >= 0.3 is 0 Å². The van der Waals surface area contributed by atoms with Gasteiger partial charge in [-0.2, -0.15) is 9.97 Å². The van der Waals surface area contributed by atoms with Gasteiger partial charge < -0.3 is 49.7 Å². The largest absolute Gasteiger partial charge is 0.494 e. The first kappa shape index (κ1) is 73.9. The number of piperazine rings is 2. The summed E-state index contributed by atoms with van der Waals surface area (Å²) in [5, 5.41) is 15.2. The number of halogens is 2. The van der Waals surface area contributed by atoms with Crippen molar-refractivity contribution in [3.8, 4) is 11.5 Å². The number of piperidine rings is 2. The molecule has 100 heavy (non-hydrogen) atoms. The second kappa shape index (κ2) is 31.6. The number of fused-ring (bicyclic) bond motifs is 1. The topological polar surface area (TPSA) is 249 Å². The number of nitrogens with zero attached hydrogens (tertiary/aromatic N) is 12. The molecular formula is C71H96Br2N16O7P2S2. The Balaban J connectivity index is 0.689. The first-order chi connectivity index (χ1) is 47.9. The Morgan fingerprint density at radius 3 is 1.67 bits per heavy atom. The van der Waals surface area contributed by atoms with Gasteiger partial charge in [0.25, 0.3) is 0 Å². The molecule has 1 atom stereocenters. The number of hydrogen-bond acceptors (Lipinski definition) is 23. The van der Waals surface area contributed by atoms with Crippen molar-refractivity contribution in [1.82, 2.24) is 49.5 Å². The van der Waals surface area contributed by atoms with E-state index in [4.69, 9.17) is 24.4 Å². The molecule has 23 nitrogen and oxygen atoms in total. The zero-order valence-electron chi connectivity index (χ0n) is 59.2. The molecule has 0 spiro atoms. The molecule has 5 aliphatic rings. The highest BCUT2D eigenvalue weighted by atomic mass is 79.9. The van der Waals surface area contributed by atoms with Gasteiger partial charge in [-0.05, 0) is 175 Å². The molecule has 0 amide bonds. The average Bonchev–Trinajstić information content (AvgIpc) is 1.18. The summed E-state index contributed by atoms with van der Waals surface area (Å²) in [5.74, 6) is 3.42. The molecule has 0 bridgehead atoms. The fourth-order valence-corrected chi connectivity index (χ4v) is 21.0. The van der Waals surface area contributed by atoms with Crippen LogP contribution in [0.1, 0.15) is 86.2 Å². The lowest BCUT2D eigenvalue weighted by molar-refractivity contribution is 0.0881. The summed E-state index contributed by atoms with van der Waals surface area (Å²) in [6, 6.07) is 17.2. The summed E-state index contributed by atoms with van der Waals surface area (Å²) in [6.07, 6.45) is 14.6. The summed E-state index contributed by atoms with van der Waals surface area (Å²) >= 11 is 7.42. The number of methoxy groups -OCH3 is 2. The molecule has 12 rings (SSSR count). The minimum Gasteiger partial charge on any atom is -0.494 e. The standard InChI is InChI=1S/C71H96Br2N16O7P2S2/c1-11-47-39-57(79-70-76-43-53(72)68(82-70)77-55-16-15-52(49-13-14-49)46(3)66(55)97(6,7)90)62(95-4)41-60(47)88-25-19-50(20-26-88)86-33-29-84(30-34-86)37-38-100(93,94)44-59-64(73)69(78-56-18-17-54-65(75-24-23-74-54)67(56)98(8,9)91)83-71(81-59)80-58-40-48(12-2)61(42-63(58)96-5)89-27-21-51(22-28-89)87-35-31-85(32-36-87)45-99(10)92/h15-18,23-24,39-43,49-51H,11-14,19-22,25-38,44-45H2,1-10H3,(H2,76,77,79,82)(H2,78,80,81,83). The van der Waals surface area contributed by atoms with E-state index in [-0.39, 0.29) is 29.0 Å². The minimum absolute atomic E-state index is 0.0639. The van der Waals surface area contributed by atoms with Crippen LogP contribution in [0.4, 0.5) is 57.7 Å². The molecule has 3 aromatic heterocycles. The first-order valence-corrected chi connectivity index (χ1v) is 45.2. The molecule has 0 radical (unpaired) electrons. The van der Waals surface area contributed by atoms with Crippen LogP contribution in [0.3, 0.4) is 0 Å². The molecule has 4 aliphatic heterocycles. The van der Waals surface area contributed by atoms with Crippen LogP contribution >= 0.6 is 46.1 Å². The number of sulfone groups is 1. The minimum atomic E-state index is -3.75. The van der Waals surface area contributed by atoms with Crippen molar-refractivity contribution < 1.29 is 31.2 Å². The predicted octanol–water partition coefficient (Wildman–Crippen LogP) is 11.7. The van der Waals surface area contributed by atoms with Crippen LogP contribution < -0.4 is 51.1 Å². The number of rotatable bonds is 26. The third-order valence-electron chi connectivity index (χ3n) is 20.3. The van der Waals surface area contributed by atoms with E-state index in [2.05, 4.69) is 149 Å². The van der Waals surface area contributed by atoms with Crippen LogP contribution in [0.2, 0.25) is 0 Å². The Bertz CT molecular complexity index is 4380. The zero-order valence-corrected chi connectivity index (χ0v) is 65.8. The number of benzene rings is 4. The number of aromatic nitrogens is 6. The van der Waals surface area contributed by atoms with Gasteiger partial charge in [0.1, 0.15) is 37.1 Å². The monoisotopic (exact) mass is 1570 g/mol. The van der Waals surface area contributed by atoms with Gasteiger partial charge in [0.15, 0.2) is 15.7 Å². The van der Waals surface area contributed by atoms with Crippen molar-refractivity contribution in [2.24, 2.45) is 0 Å². The fourth-order valence-electron chi connectivity index (χ4n) is 15.0. The summed E-state index contributed by atoms with van der Waals surface area (Å²) < 4.78 is 82.0. The Kier molecular flexibility index (Phi) is 23.4. The highest BCUT2D eigenvalue weighted by Gasteiger charge is 2.34. The maximum atomic E-state index is 14.5. The summed E-state index contributed by atoms with van der Waals surface area (Å²) in [5.41, 5.74) is 11.0. The fraction of sp³-hybridized carbons (Fsp3) is 0.521. The molecule has 1 saturated carbocycles. The second-order valence-electron chi connectivity index (χ2n) is 27.9. The Morgan fingerprint density at radius 2 is 1.13 bits per heavy atom. The van der Waals surface area contributed by atoms with Crippen molar-refractivity contribution in [2.45, 2.75) is 95.9 Å². The SMILES string of the molecule is CCc1cc(Nc2ncc(Br)c(Nc3ccc(C4CC4)c(C)c3P(C)(C)=O)n2)c(OC)cc1N1CCC(N2CCN(CCS(=O)(=O)Cc3nc(Nc4cc(CC)c(N5CCC(N6CCN(CS(C)=O)CC6)CC5)cc4OC)nc(Nc4ccc5nccnc5c4P(C)(C)=O)c3Br)CC2)CC1. The molecule has 4 aromatic carbocycles. The van der Waals surface area contributed by atoms with E-state index in [0.29, 0.717) is 90.3 Å². The smallest absolute Gasteiger partial charge is 0.229 e. The van der Waals surface area contributed by atoms with Crippen molar-refractivity contribution in [3.63, 3.8) is 0 Å². The summed E-state index contributed by atoms with van der Waals surface area (Å²) in [7, 11) is -6.90. The molecular weight excluding hydrogens is 1470 g/mol. The lowest BCUT2D eigenvalue weighted by Crippen LogP contribution is -2.53. The highest BCUT2D eigenvalue weighted by Crippen LogP contribution is 2.48. The Labute approximate surface area is 608 Å². The van der Waals surface area contributed by atoms with E-state index in [1.807, 2.05) is 31.5 Å². The molecule has 29 heteroatoms. The van der Waals surface area contributed by atoms with E-state index in [1.54, 1.807) is 52.4 Å². The van der Waals surface area contributed by atoms with Gasteiger partial charge in [-0.3, -0.25) is 33.8 Å². The van der Waals surface area contributed by atoms with Crippen LogP contribution in [0.5, 0.6) is 11.5 Å². The van der Waals surface area contributed by atoms with Gasteiger partial charge in [-0.25, -0.2) is 18.4 Å². The molecule has 4 N–H and O–H groups in total. The Morgan fingerprint density at radius 1 is 0.610 bits per heavy atom. The van der Waals surface area contributed by atoms with Gasteiger partial charge in [0.05, 0.1) is 79.8 Å². The van der Waals surface area contributed by atoms with Gasteiger partial charge in [-0.1, -0.05) is 19.9 Å². The van der Waals surface area contributed by atoms with Crippen LogP contribution in [-0.2, 0) is 48.4 Å². The summed E-state index contributed by atoms with van der Waals surface area (Å²) in [6.45, 7) is 24.5. The number of ether oxygens (including phenoxy) is 2. The van der Waals surface area contributed by atoms with Crippen molar-refractivity contribution in [2.75, 3.05) is 175 Å². The third-order valence-corrected chi connectivity index (χ3v) is 27.1. The first-order valence-electron chi connectivity index (χ1n) is 34.9. The van der Waals surface area contributed by atoms with Crippen molar-refractivity contribution in [3.05, 3.63) is 104 Å². The molecule has 1 aliphatic carbocycles. The second-order valence-corrected chi connectivity index (χ2v) is 39.5. The predicted molar refractivity (Wildman–Crippen MR) is 416 cm³/mol. The average molecular weight is 1570 g/mol. The van der Waals surface area contributed by atoms with Crippen LogP contribution in [0.15, 0.2) is 76.1 Å². The number of nitrogens with one attached hydrogen (secondary N) is 4. The molecule has 5 fully saturated rings. The Hall–Kier alpha value is -5.86. The molecule has 538 valence electrons. The van der Waals surface area contributed by atoms with E-state index in [0.717, 1.165) is 156 Å². The van der Waals surface area contributed by atoms with E-state index in [9.17, 15) is 21.8 Å². The van der Waals surface area contributed by atoms with Crippen molar-refractivity contribution in [1.29, 1.82) is 0 Å². The lowest BCUT2D eigenvalue weighted by Gasteiger charge is -2.43. The molecule has 7 aromatic rings. The highest BCUT2D eigenvalue weighted by molar-refractivity contribution is 9.11. The summed E-state index contributed by atoms with van der Waals surface area (Å²) in [4.78, 5) is 43.2. The van der Waals surface area contributed by atoms with E-state index < -0.39 is 34.9 Å². The molecule has 4 saturated heterocycles. The maximum Gasteiger partial charge on any atom is 0.229 e. The number of hydrogen-bond donors (Lipinski definition) is 4. The molecule has 7 heterocycles. The molecule has 1 unspecified atom stereocenters. The zero-order chi connectivity index (χ0) is 70.8. The van der Waals surface area contributed by atoms with Crippen molar-refractivity contribution >= 4 is 146 Å². The van der Waals surface area contributed by atoms with Crippen LogP contribution in [0.25, 0.3) is 11.0 Å². The van der Waals surface area contributed by atoms with E-state index >= 15 is 0 Å². The van der Waals surface area contributed by atoms with Crippen LogP contribution in [-0.4, -0.2) is 218 Å². The maximum absolute atomic E-state index is 14.5. The number of aryl methyl sites for hydroxylation is 2. The van der Waals surface area contributed by atoms with Crippen LogP contribution in [0, 0.1) is 6.92 Å². The third kappa shape index (κ3) is 17.3. The van der Waals surface area contributed by atoms with E-state index in [1.165, 1.54) is 24.0 Å².